The first-order chi connectivity index (χ1) is 5.61. The molecule has 3 heteroatoms. The Morgan fingerprint density at radius 1 is 1.58 bits per heavy atom. The van der Waals surface area contributed by atoms with Crippen LogP contribution in [0.2, 0.25) is 0 Å². The van der Waals surface area contributed by atoms with E-state index in [4.69, 9.17) is 0 Å². The molecule has 0 aliphatic carbocycles. The van der Waals surface area contributed by atoms with E-state index >= 15 is 0 Å². The Hall–Kier alpha value is -0.0500. The molecule has 0 aromatic heterocycles. The predicted molar refractivity (Wildman–Crippen MR) is 53.4 cm³/mol. The number of halogens is 1. The maximum absolute atomic E-state index is 11.5. The Balaban J connectivity index is 2.46. The molecule has 12 heavy (non-hydrogen) atoms. The Bertz CT molecular complexity index is 170. The van der Waals surface area contributed by atoms with Gasteiger partial charge in [-0.2, -0.15) is 0 Å². The first kappa shape index (κ1) is 10.0. The van der Waals surface area contributed by atoms with Crippen molar-refractivity contribution < 1.29 is 4.79 Å². The van der Waals surface area contributed by atoms with E-state index in [1.807, 2.05) is 18.7 Å². The van der Waals surface area contributed by atoms with E-state index in [0.29, 0.717) is 10.7 Å². The average Bonchev–Trinajstić information content (AvgIpc) is 2.03. The van der Waals surface area contributed by atoms with Gasteiger partial charge in [0, 0.05) is 23.8 Å². The van der Waals surface area contributed by atoms with Crippen LogP contribution >= 0.6 is 15.9 Å². The lowest BCUT2D eigenvalue weighted by Crippen LogP contribution is -2.42. The van der Waals surface area contributed by atoms with Gasteiger partial charge in [-0.3, -0.25) is 4.79 Å². The quantitative estimate of drug-likeness (QED) is 0.635. The van der Waals surface area contributed by atoms with Crippen molar-refractivity contribution in [2.45, 2.75) is 31.5 Å². The summed E-state index contributed by atoms with van der Waals surface area (Å²) in [6.45, 7) is 5.75. The van der Waals surface area contributed by atoms with Gasteiger partial charge in [0.1, 0.15) is 0 Å². The summed E-state index contributed by atoms with van der Waals surface area (Å²) < 4.78 is 0. The number of rotatable bonds is 1. The van der Waals surface area contributed by atoms with Crippen LogP contribution < -0.4 is 0 Å². The smallest absolute Gasteiger partial charge is 0.225 e. The number of likely N-dealkylation sites (tertiary alicyclic amines) is 1. The van der Waals surface area contributed by atoms with Crippen LogP contribution in [0.5, 0.6) is 0 Å². The minimum Gasteiger partial charge on any atom is -0.341 e. The molecule has 0 saturated carbocycles. The van der Waals surface area contributed by atoms with Gasteiger partial charge in [0.05, 0.1) is 0 Å². The molecule has 1 atom stereocenters. The molecule has 1 unspecified atom stereocenters. The number of nitrogens with zero attached hydrogens (tertiary/aromatic N) is 1. The molecule has 2 nitrogen and oxygen atoms in total. The van der Waals surface area contributed by atoms with E-state index in [1.165, 1.54) is 6.42 Å². The summed E-state index contributed by atoms with van der Waals surface area (Å²) in [5, 5.41) is 0. The summed E-state index contributed by atoms with van der Waals surface area (Å²) >= 11 is 3.55. The Kier molecular flexibility index (Phi) is 3.56. The molecular weight excluding hydrogens is 218 g/mol. The number of carbonyl (C=O) groups is 1. The first-order valence-corrected chi connectivity index (χ1v) is 5.45. The fourth-order valence-electron chi connectivity index (χ4n) is 1.49. The van der Waals surface area contributed by atoms with Gasteiger partial charge in [-0.05, 0) is 12.8 Å². The molecule has 1 aliphatic rings. The molecule has 0 aromatic rings. The fourth-order valence-corrected chi connectivity index (χ4v) is 2.16. The van der Waals surface area contributed by atoms with Gasteiger partial charge in [0.2, 0.25) is 5.91 Å². The Labute approximate surface area is 82.4 Å². The van der Waals surface area contributed by atoms with Crippen LogP contribution in [0.25, 0.3) is 0 Å². The second kappa shape index (κ2) is 4.26. The molecule has 1 aliphatic heterocycles. The van der Waals surface area contributed by atoms with Crippen LogP contribution in [0.1, 0.15) is 26.7 Å². The van der Waals surface area contributed by atoms with Gasteiger partial charge in [-0.15, -0.1) is 0 Å². The molecule has 0 radical (unpaired) electrons. The highest BCUT2D eigenvalue weighted by molar-refractivity contribution is 9.09. The number of hydrogen-bond donors (Lipinski definition) is 0. The number of alkyl halides is 1. The van der Waals surface area contributed by atoms with Crippen molar-refractivity contribution in [2.24, 2.45) is 5.92 Å². The minimum absolute atomic E-state index is 0.141. The molecule has 1 heterocycles. The lowest BCUT2D eigenvalue weighted by Gasteiger charge is -2.31. The Morgan fingerprint density at radius 2 is 2.25 bits per heavy atom. The molecule has 0 aromatic carbocycles. The van der Waals surface area contributed by atoms with Crippen LogP contribution in [0, 0.1) is 5.92 Å². The van der Waals surface area contributed by atoms with Crippen molar-refractivity contribution in [3.05, 3.63) is 0 Å². The van der Waals surface area contributed by atoms with Gasteiger partial charge in [0.25, 0.3) is 0 Å². The number of amides is 1. The number of piperidine rings is 1. The van der Waals surface area contributed by atoms with Crippen molar-refractivity contribution in [1.29, 1.82) is 0 Å². The van der Waals surface area contributed by atoms with Crippen molar-refractivity contribution >= 4 is 21.8 Å². The summed E-state index contributed by atoms with van der Waals surface area (Å²) in [4.78, 5) is 14.0. The summed E-state index contributed by atoms with van der Waals surface area (Å²) in [7, 11) is 0. The molecule has 1 fully saturated rings. The van der Waals surface area contributed by atoms with E-state index in [2.05, 4.69) is 15.9 Å². The molecule has 70 valence electrons. The van der Waals surface area contributed by atoms with Crippen molar-refractivity contribution in [2.75, 3.05) is 13.1 Å². The van der Waals surface area contributed by atoms with E-state index < -0.39 is 0 Å². The zero-order valence-corrected chi connectivity index (χ0v) is 9.30. The lowest BCUT2D eigenvalue weighted by atomic mass is 10.1. The van der Waals surface area contributed by atoms with Crippen LogP contribution in [0.15, 0.2) is 0 Å². The maximum Gasteiger partial charge on any atom is 0.225 e. The third kappa shape index (κ3) is 2.47. The second-order valence-corrected chi connectivity index (χ2v) is 4.97. The molecule has 1 saturated heterocycles. The van der Waals surface area contributed by atoms with Crippen LogP contribution in [-0.4, -0.2) is 28.7 Å². The SMILES string of the molecule is CC(C)C(=O)N1CCCC(Br)C1. The highest BCUT2D eigenvalue weighted by Gasteiger charge is 2.23. The molecule has 1 rings (SSSR count). The minimum atomic E-state index is 0.141. The zero-order valence-electron chi connectivity index (χ0n) is 7.72. The normalized spacial score (nSPS) is 24.7. The summed E-state index contributed by atoms with van der Waals surface area (Å²) in [5.74, 6) is 0.432. The predicted octanol–water partition coefficient (Wildman–Crippen LogP) is 2.03. The van der Waals surface area contributed by atoms with E-state index in [0.717, 1.165) is 19.5 Å². The highest BCUT2D eigenvalue weighted by Crippen LogP contribution is 2.18. The van der Waals surface area contributed by atoms with Crippen molar-refractivity contribution in [3.63, 3.8) is 0 Å². The third-order valence-electron chi connectivity index (χ3n) is 2.17. The van der Waals surface area contributed by atoms with Crippen LogP contribution in [0.4, 0.5) is 0 Å². The van der Waals surface area contributed by atoms with Gasteiger partial charge in [-0.25, -0.2) is 0 Å². The van der Waals surface area contributed by atoms with E-state index in [1.54, 1.807) is 0 Å². The number of carbonyl (C=O) groups excluding carboxylic acids is 1. The molecule has 1 amide bonds. The summed E-state index contributed by atoms with van der Waals surface area (Å²) in [5.41, 5.74) is 0. The molecule has 0 spiro atoms. The molecular formula is C9H16BrNO. The zero-order chi connectivity index (χ0) is 9.14. The van der Waals surface area contributed by atoms with E-state index in [9.17, 15) is 4.79 Å². The Morgan fingerprint density at radius 3 is 2.75 bits per heavy atom. The third-order valence-corrected chi connectivity index (χ3v) is 2.92. The molecule has 0 N–H and O–H groups in total. The fraction of sp³-hybridized carbons (Fsp3) is 0.889. The largest absolute Gasteiger partial charge is 0.341 e. The van der Waals surface area contributed by atoms with Crippen LogP contribution in [0.3, 0.4) is 0 Å². The van der Waals surface area contributed by atoms with Gasteiger partial charge < -0.3 is 4.90 Å². The van der Waals surface area contributed by atoms with Gasteiger partial charge in [-0.1, -0.05) is 29.8 Å². The molecule has 0 bridgehead atoms. The highest BCUT2D eigenvalue weighted by atomic mass is 79.9. The second-order valence-electron chi connectivity index (χ2n) is 3.68. The van der Waals surface area contributed by atoms with Crippen LogP contribution in [-0.2, 0) is 4.79 Å². The van der Waals surface area contributed by atoms with Crippen molar-refractivity contribution in [1.82, 2.24) is 4.90 Å². The van der Waals surface area contributed by atoms with Gasteiger partial charge in [0.15, 0.2) is 0 Å². The topological polar surface area (TPSA) is 20.3 Å². The van der Waals surface area contributed by atoms with Gasteiger partial charge >= 0.3 is 0 Å². The lowest BCUT2D eigenvalue weighted by molar-refractivity contribution is -0.135. The standard InChI is InChI=1S/C9H16BrNO/c1-7(2)9(12)11-5-3-4-8(10)6-11/h7-8H,3-6H2,1-2H3. The monoisotopic (exact) mass is 233 g/mol. The summed E-state index contributed by atoms with van der Waals surface area (Å²) in [6.07, 6.45) is 2.33. The first-order valence-electron chi connectivity index (χ1n) is 4.54. The average molecular weight is 234 g/mol. The maximum atomic E-state index is 11.5. The van der Waals surface area contributed by atoms with E-state index in [-0.39, 0.29) is 5.92 Å². The number of hydrogen-bond acceptors (Lipinski definition) is 1. The summed E-state index contributed by atoms with van der Waals surface area (Å²) in [6, 6.07) is 0. The van der Waals surface area contributed by atoms with Crippen molar-refractivity contribution in [3.8, 4) is 0 Å².